The molecule has 0 N–H and O–H groups in total. The fraction of sp³-hybridized carbons (Fsp3) is 0.818. The van der Waals surface area contributed by atoms with Crippen molar-refractivity contribution in [1.29, 1.82) is 0 Å². The molecule has 1 aromatic heterocycles. The number of unbranched alkanes of at least 4 members (excludes halogenated alkanes) is 1. The van der Waals surface area contributed by atoms with E-state index in [4.69, 9.17) is 0 Å². The van der Waals surface area contributed by atoms with Gasteiger partial charge in [0, 0.05) is 5.41 Å². The van der Waals surface area contributed by atoms with E-state index in [0.29, 0.717) is 5.16 Å². The SMILES string of the molecule is CCCCC(C)(CC)c1nnc(SC)nn1. The number of hydrogen-bond donors (Lipinski definition) is 0. The summed E-state index contributed by atoms with van der Waals surface area (Å²) in [4.78, 5) is 0. The molecule has 0 amide bonds. The van der Waals surface area contributed by atoms with Crippen LogP contribution in [0.3, 0.4) is 0 Å². The Kier molecular flexibility index (Phi) is 5.12. The van der Waals surface area contributed by atoms with Gasteiger partial charge in [-0.25, -0.2) is 0 Å². The Balaban J connectivity index is 2.84. The molecule has 4 nitrogen and oxygen atoms in total. The van der Waals surface area contributed by atoms with Crippen LogP contribution in [0.25, 0.3) is 0 Å². The molecule has 0 fully saturated rings. The highest BCUT2D eigenvalue weighted by atomic mass is 32.2. The summed E-state index contributed by atoms with van der Waals surface area (Å²) in [6, 6.07) is 0. The largest absolute Gasteiger partial charge is 0.229 e. The molecular weight excluding hydrogens is 220 g/mol. The van der Waals surface area contributed by atoms with Gasteiger partial charge in [-0.15, -0.1) is 20.4 Å². The lowest BCUT2D eigenvalue weighted by molar-refractivity contribution is 0.366. The van der Waals surface area contributed by atoms with Crippen LogP contribution in [0.5, 0.6) is 0 Å². The van der Waals surface area contributed by atoms with Gasteiger partial charge in [-0.3, -0.25) is 0 Å². The Morgan fingerprint density at radius 3 is 2.19 bits per heavy atom. The van der Waals surface area contributed by atoms with Crippen LogP contribution in [-0.2, 0) is 5.41 Å². The van der Waals surface area contributed by atoms with Crippen molar-refractivity contribution in [2.24, 2.45) is 0 Å². The van der Waals surface area contributed by atoms with Gasteiger partial charge in [0.1, 0.15) is 0 Å². The Labute approximate surface area is 102 Å². The van der Waals surface area contributed by atoms with Crippen LogP contribution in [0.4, 0.5) is 0 Å². The summed E-state index contributed by atoms with van der Waals surface area (Å²) in [6.07, 6.45) is 6.43. The predicted octanol–water partition coefficient (Wildman–Crippen LogP) is 2.85. The first-order chi connectivity index (χ1) is 7.66. The van der Waals surface area contributed by atoms with Gasteiger partial charge >= 0.3 is 0 Å². The van der Waals surface area contributed by atoms with Crippen molar-refractivity contribution < 1.29 is 0 Å². The molecular formula is C11H20N4S. The molecule has 0 spiro atoms. The molecule has 0 saturated carbocycles. The number of thioether (sulfide) groups is 1. The molecule has 0 aliphatic rings. The second-order valence-electron chi connectivity index (χ2n) is 4.23. The van der Waals surface area contributed by atoms with Gasteiger partial charge < -0.3 is 0 Å². The first kappa shape index (κ1) is 13.4. The zero-order chi connectivity index (χ0) is 12.0. The van der Waals surface area contributed by atoms with Crippen LogP contribution in [0, 0.1) is 0 Å². The summed E-state index contributed by atoms with van der Waals surface area (Å²) >= 11 is 1.47. The smallest absolute Gasteiger partial charge is 0.130 e. The third kappa shape index (κ3) is 3.14. The van der Waals surface area contributed by atoms with Crippen molar-refractivity contribution in [1.82, 2.24) is 20.4 Å². The molecule has 1 aromatic rings. The molecule has 0 aliphatic heterocycles. The Bertz CT molecular complexity index is 314. The number of hydrogen-bond acceptors (Lipinski definition) is 5. The van der Waals surface area contributed by atoms with Crippen LogP contribution < -0.4 is 0 Å². The van der Waals surface area contributed by atoms with Gasteiger partial charge in [0.2, 0.25) is 5.16 Å². The second kappa shape index (κ2) is 6.13. The summed E-state index contributed by atoms with van der Waals surface area (Å²) in [5, 5.41) is 17.2. The highest BCUT2D eigenvalue weighted by Gasteiger charge is 2.28. The molecule has 0 aromatic carbocycles. The van der Waals surface area contributed by atoms with Crippen LogP contribution in [0.2, 0.25) is 0 Å². The zero-order valence-corrected chi connectivity index (χ0v) is 11.3. The molecule has 1 atom stereocenters. The summed E-state index contributed by atoms with van der Waals surface area (Å²) in [5.74, 6) is 0.779. The van der Waals surface area contributed by atoms with Crippen LogP contribution in [-0.4, -0.2) is 26.7 Å². The maximum atomic E-state index is 4.20. The van der Waals surface area contributed by atoms with E-state index in [-0.39, 0.29) is 5.41 Å². The van der Waals surface area contributed by atoms with E-state index in [1.165, 1.54) is 24.6 Å². The zero-order valence-electron chi connectivity index (χ0n) is 10.5. The van der Waals surface area contributed by atoms with Crippen molar-refractivity contribution in [3.63, 3.8) is 0 Å². The van der Waals surface area contributed by atoms with Gasteiger partial charge in [-0.2, -0.15) is 0 Å². The van der Waals surface area contributed by atoms with E-state index in [0.717, 1.165) is 18.7 Å². The maximum absolute atomic E-state index is 4.20. The lowest BCUT2D eigenvalue weighted by atomic mass is 9.81. The Morgan fingerprint density at radius 2 is 1.75 bits per heavy atom. The minimum Gasteiger partial charge on any atom is -0.130 e. The average molecular weight is 240 g/mol. The number of nitrogens with zero attached hydrogens (tertiary/aromatic N) is 4. The minimum absolute atomic E-state index is 0.0208. The van der Waals surface area contributed by atoms with E-state index >= 15 is 0 Å². The van der Waals surface area contributed by atoms with Gasteiger partial charge in [0.25, 0.3) is 0 Å². The summed E-state index contributed by atoms with van der Waals surface area (Å²) in [6.45, 7) is 6.56. The molecule has 1 rings (SSSR count). The van der Waals surface area contributed by atoms with Crippen molar-refractivity contribution >= 4 is 11.8 Å². The molecule has 1 unspecified atom stereocenters. The van der Waals surface area contributed by atoms with Crippen molar-refractivity contribution in [2.45, 2.75) is 57.0 Å². The lowest BCUT2D eigenvalue weighted by Crippen LogP contribution is -2.25. The fourth-order valence-electron chi connectivity index (χ4n) is 1.56. The molecule has 1 heterocycles. The topological polar surface area (TPSA) is 51.6 Å². The second-order valence-corrected chi connectivity index (χ2v) is 5.00. The van der Waals surface area contributed by atoms with Gasteiger partial charge in [-0.1, -0.05) is 45.4 Å². The predicted molar refractivity (Wildman–Crippen MR) is 66.6 cm³/mol. The third-order valence-corrected chi connectivity index (χ3v) is 3.57. The van der Waals surface area contributed by atoms with Gasteiger partial charge in [0.05, 0.1) is 0 Å². The Hall–Kier alpha value is -0.710. The van der Waals surface area contributed by atoms with Crippen molar-refractivity contribution in [2.75, 3.05) is 6.26 Å². The van der Waals surface area contributed by atoms with Gasteiger partial charge in [0.15, 0.2) is 5.82 Å². The Morgan fingerprint density at radius 1 is 1.12 bits per heavy atom. The summed E-state index contributed by atoms with van der Waals surface area (Å²) in [5.41, 5.74) is 0.0208. The van der Waals surface area contributed by atoms with Crippen molar-refractivity contribution in [3.8, 4) is 0 Å². The fourth-order valence-corrected chi connectivity index (χ4v) is 1.80. The number of rotatable bonds is 6. The van der Waals surface area contributed by atoms with Crippen LogP contribution in [0.1, 0.15) is 52.3 Å². The van der Waals surface area contributed by atoms with Crippen LogP contribution >= 0.6 is 11.8 Å². The van der Waals surface area contributed by atoms with Crippen LogP contribution in [0.15, 0.2) is 5.16 Å². The molecule has 90 valence electrons. The van der Waals surface area contributed by atoms with E-state index < -0.39 is 0 Å². The maximum Gasteiger partial charge on any atom is 0.229 e. The third-order valence-electron chi connectivity index (χ3n) is 3.05. The van der Waals surface area contributed by atoms with Gasteiger partial charge in [-0.05, 0) is 19.1 Å². The lowest BCUT2D eigenvalue weighted by Gasteiger charge is -2.25. The first-order valence-corrected chi connectivity index (χ1v) is 7.00. The quantitative estimate of drug-likeness (QED) is 0.716. The molecule has 5 heteroatoms. The molecule has 0 bridgehead atoms. The monoisotopic (exact) mass is 240 g/mol. The molecule has 0 saturated heterocycles. The first-order valence-electron chi connectivity index (χ1n) is 5.78. The average Bonchev–Trinajstić information content (AvgIpc) is 2.36. The summed E-state index contributed by atoms with van der Waals surface area (Å²) in [7, 11) is 0. The summed E-state index contributed by atoms with van der Waals surface area (Å²) < 4.78 is 0. The van der Waals surface area contributed by atoms with Crippen molar-refractivity contribution in [3.05, 3.63) is 5.82 Å². The minimum atomic E-state index is 0.0208. The highest BCUT2D eigenvalue weighted by molar-refractivity contribution is 7.98. The highest BCUT2D eigenvalue weighted by Crippen LogP contribution is 2.29. The standard InChI is InChI=1S/C11H20N4S/c1-5-7-8-11(3,6-2)9-12-14-10(16-4)15-13-9/h5-8H2,1-4H3. The number of aromatic nitrogens is 4. The molecule has 0 aliphatic carbocycles. The van der Waals surface area contributed by atoms with E-state index in [1.807, 2.05) is 6.26 Å². The molecule has 16 heavy (non-hydrogen) atoms. The van der Waals surface area contributed by atoms with E-state index in [1.54, 1.807) is 0 Å². The normalized spacial score (nSPS) is 14.8. The van der Waals surface area contributed by atoms with E-state index in [2.05, 4.69) is 41.2 Å². The van der Waals surface area contributed by atoms with E-state index in [9.17, 15) is 0 Å². The molecule has 0 radical (unpaired) electrons.